The molecule has 0 saturated carbocycles. The molecule has 5 nitrogen and oxygen atoms in total. The second kappa shape index (κ2) is 7.68. The molecule has 0 aliphatic carbocycles. The number of hydrogen-bond donors (Lipinski definition) is 1. The van der Waals surface area contributed by atoms with E-state index in [-0.39, 0.29) is 5.91 Å². The number of morpholine rings is 1. The first-order valence-corrected chi connectivity index (χ1v) is 9.37. The Bertz CT molecular complexity index is 895. The van der Waals surface area contributed by atoms with Crippen LogP contribution < -0.4 is 10.2 Å². The highest BCUT2D eigenvalue weighted by Gasteiger charge is 2.11. The second-order valence-electron chi connectivity index (χ2n) is 5.99. The van der Waals surface area contributed by atoms with Gasteiger partial charge in [-0.1, -0.05) is 12.1 Å². The average Bonchev–Trinajstić information content (AvgIpc) is 3.11. The standard InChI is InChI=1S/C20H19N3O2S/c24-19(9-10-20-22-17-3-1-2-4-18(17)26-20)21-15-5-7-16(8-6-15)23-11-13-25-14-12-23/h1-10H,11-14H2,(H,21,24)/b10-9+. The van der Waals surface area contributed by atoms with Gasteiger partial charge in [0, 0.05) is 30.5 Å². The van der Waals surface area contributed by atoms with Crippen molar-refractivity contribution in [3.8, 4) is 0 Å². The van der Waals surface area contributed by atoms with Crippen LogP contribution in [0.15, 0.2) is 54.6 Å². The molecule has 3 aromatic rings. The minimum absolute atomic E-state index is 0.164. The number of aromatic nitrogens is 1. The summed E-state index contributed by atoms with van der Waals surface area (Å²) >= 11 is 1.57. The number of benzene rings is 2. The first-order chi connectivity index (χ1) is 12.8. The highest BCUT2D eigenvalue weighted by molar-refractivity contribution is 7.19. The number of amides is 1. The maximum Gasteiger partial charge on any atom is 0.248 e. The minimum atomic E-state index is -0.164. The molecule has 1 aliphatic heterocycles. The number of hydrogen-bond acceptors (Lipinski definition) is 5. The summed E-state index contributed by atoms with van der Waals surface area (Å²) in [7, 11) is 0. The lowest BCUT2D eigenvalue weighted by atomic mass is 10.2. The smallest absolute Gasteiger partial charge is 0.248 e. The fourth-order valence-corrected chi connectivity index (χ4v) is 3.74. The van der Waals surface area contributed by atoms with E-state index in [0.29, 0.717) is 0 Å². The molecule has 26 heavy (non-hydrogen) atoms. The van der Waals surface area contributed by atoms with Gasteiger partial charge in [-0.15, -0.1) is 11.3 Å². The van der Waals surface area contributed by atoms with E-state index in [9.17, 15) is 4.79 Å². The topological polar surface area (TPSA) is 54.5 Å². The van der Waals surface area contributed by atoms with Gasteiger partial charge in [-0.2, -0.15) is 0 Å². The summed E-state index contributed by atoms with van der Waals surface area (Å²) in [6, 6.07) is 15.8. The third-order valence-electron chi connectivity index (χ3n) is 4.20. The lowest BCUT2D eigenvalue weighted by Gasteiger charge is -2.28. The van der Waals surface area contributed by atoms with Crippen LogP contribution in [0.5, 0.6) is 0 Å². The van der Waals surface area contributed by atoms with Crippen LogP contribution in [0.3, 0.4) is 0 Å². The summed E-state index contributed by atoms with van der Waals surface area (Å²) in [5, 5.41) is 3.71. The molecule has 0 radical (unpaired) electrons. The van der Waals surface area contributed by atoms with Crippen molar-refractivity contribution in [2.45, 2.75) is 0 Å². The van der Waals surface area contributed by atoms with E-state index in [0.717, 1.165) is 52.9 Å². The number of nitrogens with zero attached hydrogens (tertiary/aromatic N) is 2. The van der Waals surface area contributed by atoms with Gasteiger partial charge in [0.15, 0.2) is 0 Å². The average molecular weight is 365 g/mol. The van der Waals surface area contributed by atoms with E-state index in [1.807, 2.05) is 48.5 Å². The molecule has 0 bridgehead atoms. The first kappa shape index (κ1) is 16.8. The van der Waals surface area contributed by atoms with Crippen LogP contribution in [0.4, 0.5) is 11.4 Å². The van der Waals surface area contributed by atoms with E-state index >= 15 is 0 Å². The number of rotatable bonds is 4. The third kappa shape index (κ3) is 3.92. The molecule has 1 N–H and O–H groups in total. The number of fused-ring (bicyclic) bond motifs is 1. The van der Waals surface area contributed by atoms with E-state index in [2.05, 4.69) is 15.2 Å². The summed E-state index contributed by atoms with van der Waals surface area (Å²) in [6.45, 7) is 3.32. The van der Waals surface area contributed by atoms with Crippen LogP contribution in [0.1, 0.15) is 5.01 Å². The highest BCUT2D eigenvalue weighted by atomic mass is 32.1. The number of ether oxygens (including phenoxy) is 1. The summed E-state index contributed by atoms with van der Waals surface area (Å²) in [4.78, 5) is 18.9. The zero-order valence-corrected chi connectivity index (χ0v) is 15.0. The van der Waals surface area contributed by atoms with Gasteiger partial charge in [0.05, 0.1) is 23.4 Å². The molecule has 2 heterocycles. The van der Waals surface area contributed by atoms with Gasteiger partial charge < -0.3 is 15.0 Å². The molecule has 2 aromatic carbocycles. The molecule has 0 atom stereocenters. The summed E-state index contributed by atoms with van der Waals surface area (Å²) in [6.07, 6.45) is 3.27. The number of carbonyl (C=O) groups excluding carboxylic acids is 1. The van der Waals surface area contributed by atoms with Crippen molar-refractivity contribution in [1.82, 2.24) is 4.98 Å². The largest absolute Gasteiger partial charge is 0.378 e. The van der Waals surface area contributed by atoms with Crippen LogP contribution in [0.25, 0.3) is 16.3 Å². The normalized spacial score (nSPS) is 14.8. The van der Waals surface area contributed by atoms with Gasteiger partial charge in [-0.3, -0.25) is 4.79 Å². The third-order valence-corrected chi connectivity index (χ3v) is 5.20. The maximum atomic E-state index is 12.1. The van der Waals surface area contributed by atoms with Crippen molar-refractivity contribution >= 4 is 44.9 Å². The monoisotopic (exact) mass is 365 g/mol. The Labute approximate surface area is 155 Å². The van der Waals surface area contributed by atoms with Crippen LogP contribution in [0, 0.1) is 0 Å². The quantitative estimate of drug-likeness (QED) is 0.715. The van der Waals surface area contributed by atoms with E-state index in [1.165, 1.54) is 6.08 Å². The summed E-state index contributed by atoms with van der Waals surface area (Å²) in [5.41, 5.74) is 2.88. The van der Waals surface area contributed by atoms with E-state index in [1.54, 1.807) is 17.4 Å². The Kier molecular flexibility index (Phi) is 4.95. The van der Waals surface area contributed by atoms with Crippen molar-refractivity contribution in [3.63, 3.8) is 0 Å². The highest BCUT2D eigenvalue weighted by Crippen LogP contribution is 2.22. The number of para-hydroxylation sites is 1. The molecule has 1 aliphatic rings. The van der Waals surface area contributed by atoms with Crippen LogP contribution in [-0.2, 0) is 9.53 Å². The van der Waals surface area contributed by atoms with Crippen molar-refractivity contribution in [3.05, 3.63) is 59.6 Å². The van der Waals surface area contributed by atoms with Gasteiger partial charge in [-0.05, 0) is 42.5 Å². The molecule has 1 amide bonds. The molecule has 132 valence electrons. The molecule has 0 spiro atoms. The molecule has 1 aromatic heterocycles. The van der Waals surface area contributed by atoms with Gasteiger partial charge in [0.2, 0.25) is 5.91 Å². The van der Waals surface area contributed by atoms with E-state index < -0.39 is 0 Å². The lowest BCUT2D eigenvalue weighted by Crippen LogP contribution is -2.36. The fourth-order valence-electron chi connectivity index (χ4n) is 2.87. The summed E-state index contributed by atoms with van der Waals surface area (Å²) < 4.78 is 6.49. The molecule has 4 rings (SSSR count). The van der Waals surface area contributed by atoms with Crippen molar-refractivity contribution < 1.29 is 9.53 Å². The second-order valence-corrected chi connectivity index (χ2v) is 7.05. The Hall–Kier alpha value is -2.70. The molecular formula is C20H19N3O2S. The first-order valence-electron chi connectivity index (χ1n) is 8.55. The van der Waals surface area contributed by atoms with Gasteiger partial charge in [0.1, 0.15) is 5.01 Å². The van der Waals surface area contributed by atoms with Crippen molar-refractivity contribution in [1.29, 1.82) is 0 Å². The minimum Gasteiger partial charge on any atom is -0.378 e. The Morgan fingerprint density at radius 3 is 2.65 bits per heavy atom. The zero-order chi connectivity index (χ0) is 17.8. The Morgan fingerprint density at radius 1 is 1.12 bits per heavy atom. The molecule has 6 heteroatoms. The zero-order valence-electron chi connectivity index (χ0n) is 14.2. The number of carbonyl (C=O) groups is 1. The lowest BCUT2D eigenvalue weighted by molar-refractivity contribution is -0.111. The Morgan fingerprint density at radius 2 is 1.88 bits per heavy atom. The molecule has 1 saturated heterocycles. The van der Waals surface area contributed by atoms with Crippen molar-refractivity contribution in [2.24, 2.45) is 0 Å². The fraction of sp³-hybridized carbons (Fsp3) is 0.200. The van der Waals surface area contributed by atoms with E-state index in [4.69, 9.17) is 4.74 Å². The number of anilines is 2. The SMILES string of the molecule is O=C(/C=C/c1nc2ccccc2s1)Nc1ccc(N2CCOCC2)cc1. The predicted octanol–water partition coefficient (Wildman–Crippen LogP) is 3.78. The summed E-state index contributed by atoms with van der Waals surface area (Å²) in [5.74, 6) is -0.164. The molecule has 0 unspecified atom stereocenters. The molecular weight excluding hydrogens is 346 g/mol. The number of thiazole rings is 1. The van der Waals surface area contributed by atoms with Crippen LogP contribution >= 0.6 is 11.3 Å². The molecule has 1 fully saturated rings. The van der Waals surface area contributed by atoms with Crippen LogP contribution in [0.2, 0.25) is 0 Å². The van der Waals surface area contributed by atoms with Crippen LogP contribution in [-0.4, -0.2) is 37.2 Å². The Balaban J connectivity index is 1.38. The van der Waals surface area contributed by atoms with Gasteiger partial charge >= 0.3 is 0 Å². The van der Waals surface area contributed by atoms with Gasteiger partial charge in [0.25, 0.3) is 0 Å². The van der Waals surface area contributed by atoms with Gasteiger partial charge in [-0.25, -0.2) is 4.98 Å². The number of nitrogens with one attached hydrogen (secondary N) is 1. The predicted molar refractivity (Wildman–Crippen MR) is 107 cm³/mol. The van der Waals surface area contributed by atoms with Crippen molar-refractivity contribution in [2.75, 3.05) is 36.5 Å². The maximum absolute atomic E-state index is 12.1.